The van der Waals surface area contributed by atoms with Crippen molar-refractivity contribution < 1.29 is 8.85 Å². The zero-order chi connectivity index (χ0) is 27.1. The Balaban J connectivity index is 3.27. The topological polar surface area (TPSA) is 18.5 Å². The molecule has 37 heavy (non-hydrogen) atoms. The van der Waals surface area contributed by atoms with E-state index in [1.165, 1.54) is 180 Å². The van der Waals surface area contributed by atoms with Crippen molar-refractivity contribution in [2.24, 2.45) is 0 Å². The zero-order valence-electron chi connectivity index (χ0n) is 26.5. The molecule has 0 unspecified atom stereocenters. The lowest BCUT2D eigenvalue weighted by Gasteiger charge is -2.23. The van der Waals surface area contributed by atoms with E-state index in [2.05, 4.69) is 26.9 Å². The molecule has 2 nitrogen and oxygen atoms in total. The van der Waals surface area contributed by atoms with Crippen LogP contribution in [0.1, 0.15) is 194 Å². The SMILES string of the molecule is CCCCCCCCCCCCCCCCO[Si](C)(C)OCCCCCCCCCCCCCCCC. The van der Waals surface area contributed by atoms with Crippen molar-refractivity contribution in [2.75, 3.05) is 13.2 Å². The third kappa shape index (κ3) is 32.2. The maximum atomic E-state index is 6.17. The summed E-state index contributed by atoms with van der Waals surface area (Å²) in [5, 5.41) is 0. The summed E-state index contributed by atoms with van der Waals surface area (Å²) in [7, 11) is -1.91. The van der Waals surface area contributed by atoms with E-state index in [0.717, 1.165) is 13.2 Å². The number of rotatable bonds is 32. The predicted molar refractivity (Wildman–Crippen MR) is 170 cm³/mol. The lowest BCUT2D eigenvalue weighted by Crippen LogP contribution is -2.35. The van der Waals surface area contributed by atoms with Gasteiger partial charge in [-0.05, 0) is 25.9 Å². The monoisotopic (exact) mass is 541 g/mol. The van der Waals surface area contributed by atoms with E-state index >= 15 is 0 Å². The van der Waals surface area contributed by atoms with Crippen LogP contribution in [0.15, 0.2) is 0 Å². The van der Waals surface area contributed by atoms with Crippen molar-refractivity contribution in [3.63, 3.8) is 0 Å². The first-order chi connectivity index (χ1) is 18.1. The molecule has 0 aromatic carbocycles. The molecule has 3 heteroatoms. The number of hydrogen-bond donors (Lipinski definition) is 0. The van der Waals surface area contributed by atoms with Crippen LogP contribution >= 0.6 is 0 Å². The molecule has 0 atom stereocenters. The van der Waals surface area contributed by atoms with Crippen LogP contribution in [-0.2, 0) is 8.85 Å². The van der Waals surface area contributed by atoms with E-state index in [1.54, 1.807) is 0 Å². The van der Waals surface area contributed by atoms with E-state index in [0.29, 0.717) is 0 Å². The van der Waals surface area contributed by atoms with Gasteiger partial charge < -0.3 is 8.85 Å². The van der Waals surface area contributed by atoms with Crippen LogP contribution in [0.5, 0.6) is 0 Å². The molecule has 0 heterocycles. The van der Waals surface area contributed by atoms with Crippen LogP contribution in [0, 0.1) is 0 Å². The fourth-order valence-electron chi connectivity index (χ4n) is 5.27. The second-order valence-electron chi connectivity index (χ2n) is 12.3. The minimum atomic E-state index is -1.91. The zero-order valence-corrected chi connectivity index (χ0v) is 27.5. The van der Waals surface area contributed by atoms with Crippen LogP contribution in [0.2, 0.25) is 13.1 Å². The lowest BCUT2D eigenvalue weighted by atomic mass is 10.0. The molecule has 0 N–H and O–H groups in total. The van der Waals surface area contributed by atoms with E-state index < -0.39 is 8.56 Å². The molecule has 0 bridgehead atoms. The second kappa shape index (κ2) is 30.7. The average molecular weight is 541 g/mol. The summed E-state index contributed by atoms with van der Waals surface area (Å²) >= 11 is 0. The van der Waals surface area contributed by atoms with E-state index in [-0.39, 0.29) is 0 Å². The molecule has 0 aliphatic rings. The Morgan fingerprint density at radius 1 is 0.297 bits per heavy atom. The molecule has 0 spiro atoms. The van der Waals surface area contributed by atoms with Gasteiger partial charge in [0.25, 0.3) is 0 Å². The van der Waals surface area contributed by atoms with Crippen molar-refractivity contribution in [1.82, 2.24) is 0 Å². The Hall–Kier alpha value is 0.137. The van der Waals surface area contributed by atoms with Crippen LogP contribution in [0.25, 0.3) is 0 Å². The van der Waals surface area contributed by atoms with Gasteiger partial charge in [-0.1, -0.05) is 181 Å². The maximum Gasteiger partial charge on any atom is 0.331 e. The Labute approximate surface area is 237 Å². The van der Waals surface area contributed by atoms with Crippen LogP contribution in [0.3, 0.4) is 0 Å². The molecule has 0 aromatic rings. The molecule has 0 aliphatic carbocycles. The fraction of sp³-hybridized carbons (Fsp3) is 1.00. The Morgan fingerprint density at radius 3 is 0.703 bits per heavy atom. The maximum absolute atomic E-state index is 6.17. The minimum Gasteiger partial charge on any atom is -0.395 e. The largest absolute Gasteiger partial charge is 0.395 e. The van der Waals surface area contributed by atoms with Crippen LogP contribution < -0.4 is 0 Å². The molecular formula is C34H72O2Si. The molecule has 0 amide bonds. The van der Waals surface area contributed by atoms with Gasteiger partial charge in [0.1, 0.15) is 0 Å². The third-order valence-electron chi connectivity index (χ3n) is 7.90. The molecule has 0 rings (SSSR count). The van der Waals surface area contributed by atoms with Crippen molar-refractivity contribution in [2.45, 2.75) is 207 Å². The predicted octanol–water partition coefficient (Wildman–Crippen LogP) is 12.7. The summed E-state index contributed by atoms with van der Waals surface area (Å²) in [6.45, 7) is 10.8. The molecule has 0 saturated heterocycles. The number of unbranched alkanes of at least 4 members (excludes halogenated alkanes) is 26. The van der Waals surface area contributed by atoms with Crippen molar-refractivity contribution >= 4 is 8.56 Å². The van der Waals surface area contributed by atoms with Crippen molar-refractivity contribution in [3.8, 4) is 0 Å². The van der Waals surface area contributed by atoms with Crippen molar-refractivity contribution in [1.29, 1.82) is 0 Å². The first-order valence-corrected chi connectivity index (χ1v) is 20.2. The molecule has 0 aromatic heterocycles. The summed E-state index contributed by atoms with van der Waals surface area (Å²) in [6.07, 6.45) is 39.4. The van der Waals surface area contributed by atoms with Crippen LogP contribution in [0.4, 0.5) is 0 Å². The highest BCUT2D eigenvalue weighted by atomic mass is 28.4. The molecule has 0 saturated carbocycles. The Morgan fingerprint density at radius 2 is 0.486 bits per heavy atom. The Kier molecular flexibility index (Phi) is 30.8. The summed E-state index contributed by atoms with van der Waals surface area (Å²) < 4.78 is 12.3. The standard InChI is InChI=1S/C34H72O2Si/c1-5-7-9-11-13-15-17-19-21-23-25-27-29-31-33-35-37(3,4)36-34-32-30-28-26-24-22-20-18-16-14-12-10-8-6-2/h5-34H2,1-4H3. The summed E-state index contributed by atoms with van der Waals surface area (Å²) in [5.41, 5.74) is 0. The minimum absolute atomic E-state index is 0.899. The van der Waals surface area contributed by atoms with Gasteiger partial charge in [-0.25, -0.2) is 0 Å². The van der Waals surface area contributed by atoms with E-state index in [9.17, 15) is 0 Å². The van der Waals surface area contributed by atoms with Gasteiger partial charge in [-0.2, -0.15) is 0 Å². The summed E-state index contributed by atoms with van der Waals surface area (Å²) in [5.74, 6) is 0. The highest BCUT2D eigenvalue weighted by molar-refractivity contribution is 6.64. The van der Waals surface area contributed by atoms with Gasteiger partial charge in [0.2, 0.25) is 0 Å². The highest BCUT2D eigenvalue weighted by Crippen LogP contribution is 2.15. The smallest absolute Gasteiger partial charge is 0.331 e. The van der Waals surface area contributed by atoms with Crippen molar-refractivity contribution in [3.05, 3.63) is 0 Å². The summed E-state index contributed by atoms with van der Waals surface area (Å²) in [6, 6.07) is 0. The van der Waals surface area contributed by atoms with Gasteiger partial charge in [-0.15, -0.1) is 0 Å². The van der Waals surface area contributed by atoms with Gasteiger partial charge in [0, 0.05) is 13.2 Å². The molecule has 0 fully saturated rings. The highest BCUT2D eigenvalue weighted by Gasteiger charge is 2.23. The van der Waals surface area contributed by atoms with E-state index in [4.69, 9.17) is 8.85 Å². The average Bonchev–Trinajstić information content (AvgIpc) is 2.88. The molecule has 224 valence electrons. The second-order valence-corrected chi connectivity index (χ2v) is 15.7. The lowest BCUT2D eigenvalue weighted by molar-refractivity contribution is 0.172. The number of hydrogen-bond acceptors (Lipinski definition) is 2. The van der Waals surface area contributed by atoms with Crippen LogP contribution in [-0.4, -0.2) is 21.8 Å². The normalized spacial score (nSPS) is 12.0. The Bertz CT molecular complexity index is 377. The fourth-order valence-corrected chi connectivity index (χ4v) is 6.63. The quantitative estimate of drug-likeness (QED) is 0.0623. The van der Waals surface area contributed by atoms with Gasteiger partial charge in [-0.3, -0.25) is 0 Å². The molecule has 0 aliphatic heterocycles. The van der Waals surface area contributed by atoms with E-state index in [1.807, 2.05) is 0 Å². The first-order valence-electron chi connectivity index (χ1n) is 17.4. The molecular weight excluding hydrogens is 468 g/mol. The third-order valence-corrected chi connectivity index (χ3v) is 9.69. The van der Waals surface area contributed by atoms with Gasteiger partial charge in [0.15, 0.2) is 0 Å². The summed E-state index contributed by atoms with van der Waals surface area (Å²) in [4.78, 5) is 0. The molecule has 0 radical (unpaired) electrons. The first kappa shape index (κ1) is 37.1. The van der Waals surface area contributed by atoms with Gasteiger partial charge >= 0.3 is 8.56 Å². The van der Waals surface area contributed by atoms with Gasteiger partial charge in [0.05, 0.1) is 0 Å².